The standard InChI is InChI=1S/C23H22N6O/c24-14-22(7-1-8-22)17-4-5-19(27-13-17)28-20-12-18(6-10-26-20)29-11-9-23(15-25,21(29)30)16-2-3-16/h4-6,10,12-13,16H,1-3,7-9,11H2,(H,26,27,28)/t23-/m1/s1. The van der Waals surface area contributed by atoms with Gasteiger partial charge in [-0.1, -0.05) is 6.07 Å². The maximum absolute atomic E-state index is 13.0. The van der Waals surface area contributed by atoms with Crippen LogP contribution in [-0.2, 0) is 10.2 Å². The highest BCUT2D eigenvalue weighted by Gasteiger charge is 2.56. The molecule has 7 heteroatoms. The molecule has 1 aliphatic heterocycles. The number of nitrogens with one attached hydrogen (secondary N) is 1. The van der Waals surface area contributed by atoms with Crippen LogP contribution < -0.4 is 10.2 Å². The highest BCUT2D eigenvalue weighted by Crippen LogP contribution is 2.52. The van der Waals surface area contributed by atoms with Crippen LogP contribution in [0.25, 0.3) is 0 Å². The molecule has 7 nitrogen and oxygen atoms in total. The Hall–Kier alpha value is -3.45. The third-order valence-electron chi connectivity index (χ3n) is 6.88. The molecule has 2 aromatic heterocycles. The fourth-order valence-corrected chi connectivity index (χ4v) is 4.67. The van der Waals surface area contributed by atoms with E-state index >= 15 is 0 Å². The average Bonchev–Trinajstić information content (AvgIpc) is 3.53. The van der Waals surface area contributed by atoms with Gasteiger partial charge in [-0.05, 0) is 62.1 Å². The van der Waals surface area contributed by atoms with Gasteiger partial charge in [0.05, 0.1) is 17.6 Å². The number of aromatic nitrogens is 2. The van der Waals surface area contributed by atoms with Crippen molar-refractivity contribution >= 4 is 23.2 Å². The number of nitriles is 2. The number of nitrogens with zero attached hydrogens (tertiary/aromatic N) is 5. The first-order chi connectivity index (χ1) is 14.6. The Kier molecular flexibility index (Phi) is 4.22. The normalized spacial score (nSPS) is 24.6. The zero-order valence-corrected chi connectivity index (χ0v) is 16.6. The zero-order valence-electron chi connectivity index (χ0n) is 16.6. The molecule has 30 heavy (non-hydrogen) atoms. The molecule has 5 rings (SSSR count). The minimum atomic E-state index is -0.855. The summed E-state index contributed by atoms with van der Waals surface area (Å²) in [6.45, 7) is 0.551. The van der Waals surface area contributed by atoms with Gasteiger partial charge in [-0.3, -0.25) is 4.79 Å². The molecule has 0 radical (unpaired) electrons. The van der Waals surface area contributed by atoms with Crippen LogP contribution in [0, 0.1) is 34.0 Å². The minimum Gasteiger partial charge on any atom is -0.325 e. The van der Waals surface area contributed by atoms with E-state index in [0.29, 0.717) is 24.6 Å². The summed E-state index contributed by atoms with van der Waals surface area (Å²) in [4.78, 5) is 23.5. The molecule has 3 aliphatic rings. The molecule has 1 atom stereocenters. The zero-order chi connectivity index (χ0) is 20.8. The smallest absolute Gasteiger partial charge is 0.247 e. The predicted octanol–water partition coefficient (Wildman–Crippen LogP) is 3.82. The van der Waals surface area contributed by atoms with E-state index in [0.717, 1.165) is 43.4 Å². The van der Waals surface area contributed by atoms with E-state index in [-0.39, 0.29) is 17.2 Å². The Morgan fingerprint density at radius 1 is 1.07 bits per heavy atom. The van der Waals surface area contributed by atoms with Crippen LogP contribution in [0.2, 0.25) is 0 Å². The Balaban J connectivity index is 1.33. The third-order valence-corrected chi connectivity index (χ3v) is 6.88. The van der Waals surface area contributed by atoms with Crippen molar-refractivity contribution in [2.75, 3.05) is 16.8 Å². The van der Waals surface area contributed by atoms with E-state index in [9.17, 15) is 15.3 Å². The second-order valence-electron chi connectivity index (χ2n) is 8.57. The number of carbonyl (C=O) groups is 1. The Bertz CT molecular complexity index is 1070. The molecule has 2 saturated carbocycles. The van der Waals surface area contributed by atoms with Crippen molar-refractivity contribution in [3.05, 3.63) is 42.2 Å². The van der Waals surface area contributed by atoms with Gasteiger partial charge in [-0.15, -0.1) is 0 Å². The van der Waals surface area contributed by atoms with Crippen LogP contribution in [0.1, 0.15) is 44.1 Å². The fourth-order valence-electron chi connectivity index (χ4n) is 4.67. The van der Waals surface area contributed by atoms with Crippen molar-refractivity contribution < 1.29 is 4.79 Å². The SMILES string of the molecule is N#CC1(c2ccc(Nc3cc(N4CC[C@@](C#N)(C5CC5)C4=O)ccn3)nc2)CCC1. The summed E-state index contributed by atoms with van der Waals surface area (Å²) >= 11 is 0. The van der Waals surface area contributed by atoms with Crippen molar-refractivity contribution in [2.45, 2.75) is 43.9 Å². The first-order valence-corrected chi connectivity index (χ1v) is 10.4. The Morgan fingerprint density at radius 3 is 2.50 bits per heavy atom. The molecule has 2 aromatic rings. The lowest BCUT2D eigenvalue weighted by atomic mass is 9.66. The van der Waals surface area contributed by atoms with Crippen molar-refractivity contribution in [3.8, 4) is 12.1 Å². The summed E-state index contributed by atoms with van der Waals surface area (Å²) in [5.74, 6) is 1.33. The van der Waals surface area contributed by atoms with E-state index in [1.54, 1.807) is 23.4 Å². The number of hydrogen-bond donors (Lipinski definition) is 1. The molecule has 2 aliphatic carbocycles. The molecule has 0 unspecified atom stereocenters. The van der Waals surface area contributed by atoms with Gasteiger partial charge in [-0.2, -0.15) is 10.5 Å². The lowest BCUT2D eigenvalue weighted by molar-refractivity contribution is -0.123. The molecule has 1 amide bonds. The molecule has 1 N–H and O–H groups in total. The quantitative estimate of drug-likeness (QED) is 0.821. The molecular formula is C23H22N6O. The number of amides is 1. The molecular weight excluding hydrogens is 376 g/mol. The summed E-state index contributed by atoms with van der Waals surface area (Å²) in [5.41, 5.74) is 0.463. The third kappa shape index (κ3) is 2.81. The average molecular weight is 398 g/mol. The van der Waals surface area contributed by atoms with Gasteiger partial charge in [0, 0.05) is 30.7 Å². The number of carbonyl (C=O) groups excluding carboxylic acids is 1. The summed E-state index contributed by atoms with van der Waals surface area (Å²) in [6.07, 6.45) is 8.77. The van der Waals surface area contributed by atoms with Crippen molar-refractivity contribution in [1.29, 1.82) is 10.5 Å². The summed E-state index contributed by atoms with van der Waals surface area (Å²) in [5, 5.41) is 22.3. The van der Waals surface area contributed by atoms with Gasteiger partial charge in [0.25, 0.3) is 0 Å². The molecule has 150 valence electrons. The highest BCUT2D eigenvalue weighted by molar-refractivity contribution is 6.02. The van der Waals surface area contributed by atoms with Gasteiger partial charge in [-0.25, -0.2) is 9.97 Å². The number of anilines is 3. The van der Waals surface area contributed by atoms with Crippen LogP contribution in [-0.4, -0.2) is 22.4 Å². The summed E-state index contributed by atoms with van der Waals surface area (Å²) in [7, 11) is 0. The van der Waals surface area contributed by atoms with E-state index in [1.165, 1.54) is 0 Å². The monoisotopic (exact) mass is 398 g/mol. The maximum atomic E-state index is 13.0. The lowest BCUT2D eigenvalue weighted by Gasteiger charge is -2.35. The van der Waals surface area contributed by atoms with E-state index in [2.05, 4.69) is 27.4 Å². The van der Waals surface area contributed by atoms with Crippen LogP contribution in [0.4, 0.5) is 17.3 Å². The second-order valence-corrected chi connectivity index (χ2v) is 8.57. The fraction of sp³-hybridized carbons (Fsp3) is 0.435. The van der Waals surface area contributed by atoms with Gasteiger partial charge < -0.3 is 10.2 Å². The first kappa shape index (κ1) is 18.6. The van der Waals surface area contributed by atoms with Crippen molar-refractivity contribution in [2.24, 2.45) is 11.3 Å². The topological polar surface area (TPSA) is 106 Å². The van der Waals surface area contributed by atoms with Crippen LogP contribution in [0.5, 0.6) is 0 Å². The van der Waals surface area contributed by atoms with E-state index in [4.69, 9.17) is 0 Å². The second kappa shape index (κ2) is 6.81. The van der Waals surface area contributed by atoms with Gasteiger partial charge in [0.1, 0.15) is 17.1 Å². The summed E-state index contributed by atoms with van der Waals surface area (Å²) in [6, 6.07) is 12.2. The Morgan fingerprint density at radius 2 is 1.90 bits per heavy atom. The molecule has 0 spiro atoms. The van der Waals surface area contributed by atoms with Gasteiger partial charge in [0.15, 0.2) is 0 Å². The van der Waals surface area contributed by atoms with Crippen LogP contribution in [0.3, 0.4) is 0 Å². The van der Waals surface area contributed by atoms with E-state index < -0.39 is 5.41 Å². The first-order valence-electron chi connectivity index (χ1n) is 10.4. The predicted molar refractivity (Wildman–Crippen MR) is 111 cm³/mol. The molecule has 0 aromatic carbocycles. The molecule has 0 bridgehead atoms. The van der Waals surface area contributed by atoms with Crippen LogP contribution >= 0.6 is 0 Å². The highest BCUT2D eigenvalue weighted by atomic mass is 16.2. The van der Waals surface area contributed by atoms with Crippen LogP contribution in [0.15, 0.2) is 36.7 Å². The Labute approximate surface area is 175 Å². The van der Waals surface area contributed by atoms with E-state index in [1.807, 2.05) is 18.2 Å². The largest absolute Gasteiger partial charge is 0.325 e. The molecule has 1 saturated heterocycles. The number of hydrogen-bond acceptors (Lipinski definition) is 6. The lowest BCUT2D eigenvalue weighted by Crippen LogP contribution is -2.35. The maximum Gasteiger partial charge on any atom is 0.247 e. The molecule has 3 heterocycles. The number of pyridine rings is 2. The van der Waals surface area contributed by atoms with Gasteiger partial charge >= 0.3 is 0 Å². The minimum absolute atomic E-state index is 0.0885. The number of rotatable bonds is 5. The van der Waals surface area contributed by atoms with Crippen molar-refractivity contribution in [1.82, 2.24) is 9.97 Å². The van der Waals surface area contributed by atoms with Gasteiger partial charge in [0.2, 0.25) is 5.91 Å². The van der Waals surface area contributed by atoms with Crippen molar-refractivity contribution in [3.63, 3.8) is 0 Å². The summed E-state index contributed by atoms with van der Waals surface area (Å²) < 4.78 is 0. The molecule has 3 fully saturated rings.